The highest BCUT2D eigenvalue weighted by atomic mass is 19.2. The number of fused-ring (bicyclic) bond motifs is 1. The number of hydrogen-bond acceptors (Lipinski definition) is 7. The molecule has 1 aliphatic heterocycles. The molecule has 12 heteroatoms. The molecular weight excluding hydrogens is 535 g/mol. The van der Waals surface area contributed by atoms with E-state index in [1.807, 2.05) is 6.07 Å². The molecule has 1 aliphatic carbocycles. The summed E-state index contributed by atoms with van der Waals surface area (Å²) in [6.07, 6.45) is 6.35. The second-order valence-electron chi connectivity index (χ2n) is 10.1. The van der Waals surface area contributed by atoms with Crippen LogP contribution in [0.5, 0.6) is 11.5 Å². The summed E-state index contributed by atoms with van der Waals surface area (Å²) in [5.74, 6) is -3.36. The Bertz CT molecular complexity index is 1740. The lowest BCUT2D eigenvalue weighted by Crippen LogP contribution is -2.41. The fourth-order valence-corrected chi connectivity index (χ4v) is 5.04. The van der Waals surface area contributed by atoms with E-state index >= 15 is 4.39 Å². The number of carbonyl (C=O) groups is 1. The number of nitrogen functional groups attached to an aromatic ring is 1. The van der Waals surface area contributed by atoms with Gasteiger partial charge in [0.05, 0.1) is 11.4 Å². The monoisotopic (exact) mass is 559 g/mol. The molecule has 41 heavy (non-hydrogen) atoms. The Morgan fingerprint density at radius 2 is 1.95 bits per heavy atom. The molecule has 1 amide bonds. The van der Waals surface area contributed by atoms with E-state index < -0.39 is 17.5 Å². The van der Waals surface area contributed by atoms with Gasteiger partial charge in [0.2, 0.25) is 5.82 Å². The number of benzene rings is 2. The van der Waals surface area contributed by atoms with Gasteiger partial charge < -0.3 is 15.4 Å². The first kappa shape index (κ1) is 26.3. The van der Waals surface area contributed by atoms with Crippen molar-refractivity contribution in [3.63, 3.8) is 0 Å². The minimum atomic E-state index is -1.18. The van der Waals surface area contributed by atoms with E-state index in [2.05, 4.69) is 15.1 Å². The van der Waals surface area contributed by atoms with Crippen molar-refractivity contribution < 1.29 is 22.7 Å². The number of nitriles is 1. The van der Waals surface area contributed by atoms with Crippen molar-refractivity contribution in [1.82, 2.24) is 24.6 Å². The van der Waals surface area contributed by atoms with Crippen LogP contribution in [0.3, 0.4) is 0 Å². The summed E-state index contributed by atoms with van der Waals surface area (Å²) in [6.45, 7) is 0.793. The van der Waals surface area contributed by atoms with E-state index in [-0.39, 0.29) is 58.6 Å². The smallest absolute Gasteiger partial charge is 0.264 e. The summed E-state index contributed by atoms with van der Waals surface area (Å²) in [5.41, 5.74) is 6.99. The zero-order chi connectivity index (χ0) is 28.7. The van der Waals surface area contributed by atoms with Crippen LogP contribution >= 0.6 is 0 Å². The zero-order valence-corrected chi connectivity index (χ0v) is 21.7. The largest absolute Gasteiger partial charge is 0.454 e. The maximum absolute atomic E-state index is 15.5. The van der Waals surface area contributed by atoms with Crippen LogP contribution in [0.2, 0.25) is 0 Å². The van der Waals surface area contributed by atoms with Crippen LogP contribution in [-0.4, -0.2) is 43.6 Å². The summed E-state index contributed by atoms with van der Waals surface area (Å²) in [7, 11) is 0. The maximum atomic E-state index is 15.5. The molecule has 4 aromatic rings. The number of halogens is 3. The van der Waals surface area contributed by atoms with Crippen molar-refractivity contribution in [3.8, 4) is 28.8 Å². The summed E-state index contributed by atoms with van der Waals surface area (Å²) in [4.78, 5) is 23.2. The van der Waals surface area contributed by atoms with Crippen molar-refractivity contribution in [1.29, 1.82) is 5.26 Å². The van der Waals surface area contributed by atoms with Crippen molar-refractivity contribution in [2.24, 2.45) is 5.92 Å². The summed E-state index contributed by atoms with van der Waals surface area (Å²) in [5, 5.41) is 14.6. The van der Waals surface area contributed by atoms with E-state index in [4.69, 9.17) is 10.5 Å². The molecule has 208 valence electrons. The van der Waals surface area contributed by atoms with Crippen LogP contribution in [0, 0.1) is 34.7 Å². The van der Waals surface area contributed by atoms with E-state index in [0.29, 0.717) is 30.4 Å². The van der Waals surface area contributed by atoms with Crippen LogP contribution in [0.25, 0.3) is 22.3 Å². The average Bonchev–Trinajstić information content (AvgIpc) is 3.71. The third-order valence-electron chi connectivity index (χ3n) is 7.26. The predicted molar refractivity (Wildman–Crippen MR) is 143 cm³/mol. The topological polar surface area (TPSA) is 123 Å². The maximum Gasteiger partial charge on any atom is 0.264 e. The van der Waals surface area contributed by atoms with Crippen molar-refractivity contribution in [2.75, 3.05) is 18.8 Å². The molecule has 0 spiro atoms. The van der Waals surface area contributed by atoms with Gasteiger partial charge in [-0.05, 0) is 55.9 Å². The standard InChI is InChI=1S/C29H24F3N7O2/c30-21-4-1-5-23(25(21)32)41-19-8-9-20(22(31)12-19)26-24-27(34)35-15-36-28(24)39(37-26)18-3-2-10-38(14-18)29(40)17(13-33)11-16-6-7-16/h1,4-5,8-9,11-12,15-16,18H,2-3,6-7,10,14H2,(H2,34,35,36)/t18-/m1/s1. The molecule has 1 atom stereocenters. The van der Waals surface area contributed by atoms with Crippen molar-refractivity contribution in [3.05, 3.63) is 71.8 Å². The molecule has 2 aromatic heterocycles. The van der Waals surface area contributed by atoms with Gasteiger partial charge in [-0.25, -0.2) is 23.4 Å². The second kappa shape index (κ2) is 10.6. The van der Waals surface area contributed by atoms with Gasteiger partial charge >= 0.3 is 0 Å². The van der Waals surface area contributed by atoms with E-state index in [1.165, 1.54) is 30.6 Å². The Kier molecular flexibility index (Phi) is 6.78. The van der Waals surface area contributed by atoms with Gasteiger partial charge in [-0.2, -0.15) is 14.8 Å². The summed E-state index contributed by atoms with van der Waals surface area (Å²) >= 11 is 0. The number of piperidine rings is 1. The normalized spacial score (nSPS) is 17.5. The Hall–Kier alpha value is -4.92. The van der Waals surface area contributed by atoms with Crippen LogP contribution in [-0.2, 0) is 4.79 Å². The Balaban J connectivity index is 1.33. The molecule has 9 nitrogen and oxygen atoms in total. The SMILES string of the molecule is N#CC(=CC1CC1)C(=O)N1CCC[C@@H](n2nc(-c3ccc(Oc4cccc(F)c4F)cc3F)c3c(N)ncnc32)C1. The minimum Gasteiger partial charge on any atom is -0.454 e. The number of nitrogens with zero attached hydrogens (tertiary/aromatic N) is 6. The van der Waals surface area contributed by atoms with Gasteiger partial charge in [-0.15, -0.1) is 0 Å². The molecule has 2 aliphatic rings. The number of rotatable bonds is 6. The molecule has 1 saturated heterocycles. The summed E-state index contributed by atoms with van der Waals surface area (Å²) in [6, 6.07) is 9.05. The van der Waals surface area contributed by atoms with Gasteiger partial charge in [-0.1, -0.05) is 12.1 Å². The second-order valence-corrected chi connectivity index (χ2v) is 10.1. The first-order valence-electron chi connectivity index (χ1n) is 13.2. The highest BCUT2D eigenvalue weighted by molar-refractivity contribution is 5.99. The van der Waals surface area contributed by atoms with Gasteiger partial charge in [0.15, 0.2) is 17.2 Å². The minimum absolute atomic E-state index is 0.0438. The molecule has 2 N–H and O–H groups in total. The lowest BCUT2D eigenvalue weighted by molar-refractivity contribution is -0.128. The number of amides is 1. The molecule has 0 radical (unpaired) electrons. The van der Waals surface area contributed by atoms with E-state index in [9.17, 15) is 18.8 Å². The van der Waals surface area contributed by atoms with Crippen LogP contribution in [0.15, 0.2) is 54.4 Å². The number of ether oxygens (including phenoxy) is 1. The molecule has 1 saturated carbocycles. The molecule has 0 bridgehead atoms. The third-order valence-corrected chi connectivity index (χ3v) is 7.26. The third kappa shape index (κ3) is 5.06. The van der Waals surface area contributed by atoms with Gasteiger partial charge in [-0.3, -0.25) is 4.79 Å². The highest BCUT2D eigenvalue weighted by Gasteiger charge is 2.31. The van der Waals surface area contributed by atoms with Crippen LogP contribution in [0.1, 0.15) is 31.7 Å². The lowest BCUT2D eigenvalue weighted by Gasteiger charge is -2.32. The Morgan fingerprint density at radius 3 is 2.71 bits per heavy atom. The number of carbonyl (C=O) groups excluding carboxylic acids is 1. The fourth-order valence-electron chi connectivity index (χ4n) is 5.04. The average molecular weight is 560 g/mol. The first-order valence-corrected chi connectivity index (χ1v) is 13.2. The van der Waals surface area contributed by atoms with E-state index in [0.717, 1.165) is 25.0 Å². The number of anilines is 1. The Labute approximate surface area is 232 Å². The van der Waals surface area contributed by atoms with Crippen LogP contribution in [0.4, 0.5) is 19.0 Å². The fraction of sp³-hybridized carbons (Fsp3) is 0.276. The molecule has 3 heterocycles. The first-order chi connectivity index (χ1) is 19.8. The Morgan fingerprint density at radius 1 is 1.12 bits per heavy atom. The van der Waals surface area contributed by atoms with Gasteiger partial charge in [0.1, 0.15) is 41.0 Å². The number of hydrogen-bond donors (Lipinski definition) is 1. The summed E-state index contributed by atoms with van der Waals surface area (Å²) < 4.78 is 50.1. The van der Waals surface area contributed by atoms with Crippen molar-refractivity contribution >= 4 is 22.8 Å². The van der Waals surface area contributed by atoms with Crippen molar-refractivity contribution in [2.45, 2.75) is 31.7 Å². The molecule has 0 unspecified atom stereocenters. The van der Waals surface area contributed by atoms with Gasteiger partial charge in [0.25, 0.3) is 5.91 Å². The molecular formula is C29H24F3N7O2. The molecule has 2 aromatic carbocycles. The van der Waals surface area contributed by atoms with Gasteiger partial charge in [0, 0.05) is 24.7 Å². The van der Waals surface area contributed by atoms with E-state index in [1.54, 1.807) is 15.7 Å². The molecule has 6 rings (SSSR count). The lowest BCUT2D eigenvalue weighted by atomic mass is 10.0. The van der Waals surface area contributed by atoms with Crippen LogP contribution < -0.4 is 10.5 Å². The number of nitrogens with two attached hydrogens (primary N) is 1. The highest BCUT2D eigenvalue weighted by Crippen LogP contribution is 2.37. The number of allylic oxidation sites excluding steroid dienone is 1. The molecule has 2 fully saturated rings. The predicted octanol–water partition coefficient (Wildman–Crippen LogP) is 5.31. The number of likely N-dealkylation sites (tertiary alicyclic amines) is 1. The number of aromatic nitrogens is 4. The zero-order valence-electron chi connectivity index (χ0n) is 21.7. The quantitative estimate of drug-likeness (QED) is 0.251.